The number of benzene rings is 1. The van der Waals surface area contributed by atoms with Gasteiger partial charge in [0.2, 0.25) is 0 Å². The third kappa shape index (κ3) is 4.15. The lowest BCUT2D eigenvalue weighted by molar-refractivity contribution is 0.191. The number of nitrogens with zero attached hydrogens (tertiary/aromatic N) is 2. The average Bonchev–Trinajstić information content (AvgIpc) is 2.70. The maximum Gasteiger partial charge on any atom is 0.132 e. The molecule has 0 unspecified atom stereocenters. The first-order chi connectivity index (χ1) is 10.4. The Balaban J connectivity index is 2.19. The molecule has 0 aliphatic heterocycles. The molecule has 1 aromatic heterocycles. The Bertz CT molecular complexity index is 635. The lowest BCUT2D eigenvalue weighted by atomic mass is 10.2. The van der Waals surface area contributed by atoms with Gasteiger partial charge in [0, 0.05) is 34.3 Å². The highest BCUT2D eigenvalue weighted by molar-refractivity contribution is 6.36. The van der Waals surface area contributed by atoms with Gasteiger partial charge in [0.1, 0.15) is 5.15 Å². The van der Waals surface area contributed by atoms with Crippen LogP contribution in [0.25, 0.3) is 0 Å². The van der Waals surface area contributed by atoms with E-state index in [4.69, 9.17) is 34.8 Å². The molecule has 0 spiro atoms. The number of aliphatic hydroxyl groups excluding tert-OH is 1. The largest absolute Gasteiger partial charge is 0.392 e. The van der Waals surface area contributed by atoms with Crippen LogP contribution in [0.3, 0.4) is 0 Å². The van der Waals surface area contributed by atoms with E-state index in [0.29, 0.717) is 34.8 Å². The van der Waals surface area contributed by atoms with Gasteiger partial charge in [-0.3, -0.25) is 0 Å². The maximum atomic E-state index is 9.28. The smallest absolute Gasteiger partial charge is 0.132 e. The summed E-state index contributed by atoms with van der Waals surface area (Å²) < 4.78 is 1.68. The first-order valence-corrected chi connectivity index (χ1v) is 8.07. The first-order valence-electron chi connectivity index (χ1n) is 6.93. The van der Waals surface area contributed by atoms with Gasteiger partial charge in [-0.25, -0.2) is 4.68 Å². The molecule has 1 atom stereocenters. The molecule has 2 N–H and O–H groups in total. The van der Waals surface area contributed by atoms with Crippen molar-refractivity contribution in [1.82, 2.24) is 15.1 Å². The van der Waals surface area contributed by atoms with Gasteiger partial charge in [0.25, 0.3) is 0 Å². The summed E-state index contributed by atoms with van der Waals surface area (Å²) in [6, 6.07) is 5.38. The Labute approximate surface area is 145 Å². The number of hydrogen-bond donors (Lipinski definition) is 2. The van der Waals surface area contributed by atoms with E-state index in [-0.39, 0.29) is 0 Å². The van der Waals surface area contributed by atoms with Crippen molar-refractivity contribution in [2.24, 2.45) is 0 Å². The molecule has 7 heteroatoms. The van der Waals surface area contributed by atoms with E-state index in [1.165, 1.54) is 0 Å². The van der Waals surface area contributed by atoms with Gasteiger partial charge in [-0.15, -0.1) is 0 Å². The van der Waals surface area contributed by atoms with Crippen LogP contribution in [0.5, 0.6) is 0 Å². The fourth-order valence-corrected chi connectivity index (χ4v) is 2.95. The molecule has 0 amide bonds. The van der Waals surface area contributed by atoms with E-state index in [0.717, 1.165) is 16.8 Å². The molecule has 0 aliphatic carbocycles. The van der Waals surface area contributed by atoms with Crippen LogP contribution in [0.1, 0.15) is 23.7 Å². The second-order valence-corrected chi connectivity index (χ2v) is 6.36. The van der Waals surface area contributed by atoms with E-state index in [1.54, 1.807) is 29.8 Å². The number of halogens is 3. The van der Waals surface area contributed by atoms with Crippen molar-refractivity contribution in [3.05, 3.63) is 50.2 Å². The van der Waals surface area contributed by atoms with Crippen molar-refractivity contribution in [3.63, 3.8) is 0 Å². The van der Waals surface area contributed by atoms with Crippen molar-refractivity contribution in [1.29, 1.82) is 0 Å². The lowest BCUT2D eigenvalue weighted by Gasteiger charge is -2.09. The van der Waals surface area contributed by atoms with Crippen molar-refractivity contribution in [2.75, 3.05) is 6.54 Å². The Hall–Kier alpha value is -0.780. The van der Waals surface area contributed by atoms with Gasteiger partial charge in [0.15, 0.2) is 0 Å². The van der Waals surface area contributed by atoms with Crippen LogP contribution < -0.4 is 5.32 Å². The average molecular weight is 363 g/mol. The molecule has 0 bridgehead atoms. The predicted molar refractivity (Wildman–Crippen MR) is 90.9 cm³/mol. The molecule has 22 heavy (non-hydrogen) atoms. The molecule has 4 nitrogen and oxygen atoms in total. The third-order valence-electron chi connectivity index (χ3n) is 3.29. The molecular weight excluding hydrogens is 345 g/mol. The van der Waals surface area contributed by atoms with Gasteiger partial charge in [0.05, 0.1) is 18.3 Å². The fraction of sp³-hybridized carbons (Fsp3) is 0.400. The minimum Gasteiger partial charge on any atom is -0.392 e. The van der Waals surface area contributed by atoms with Crippen LogP contribution in [0.15, 0.2) is 18.2 Å². The van der Waals surface area contributed by atoms with E-state index < -0.39 is 6.10 Å². The predicted octanol–water partition coefficient (Wildman–Crippen LogP) is 3.67. The Kier molecular flexibility index (Phi) is 6.12. The molecule has 0 saturated heterocycles. The quantitative estimate of drug-likeness (QED) is 0.824. The number of rotatable bonds is 6. The van der Waals surface area contributed by atoms with Crippen molar-refractivity contribution < 1.29 is 5.11 Å². The summed E-state index contributed by atoms with van der Waals surface area (Å²) in [5, 5.41) is 18.6. The molecule has 2 rings (SSSR count). The SMILES string of the molecule is Cc1nn(Cc2c(Cl)cccc2Cl)c(Cl)c1CNC[C@@H](C)O. The normalized spacial score (nSPS) is 12.6. The lowest BCUT2D eigenvalue weighted by Crippen LogP contribution is -2.24. The second-order valence-electron chi connectivity index (χ2n) is 5.19. The highest BCUT2D eigenvalue weighted by atomic mass is 35.5. The zero-order chi connectivity index (χ0) is 16.3. The minimum atomic E-state index is -0.406. The summed E-state index contributed by atoms with van der Waals surface area (Å²) in [5.74, 6) is 0. The van der Waals surface area contributed by atoms with Gasteiger partial charge in [-0.05, 0) is 26.0 Å². The van der Waals surface area contributed by atoms with Crippen molar-refractivity contribution in [2.45, 2.75) is 33.0 Å². The highest BCUT2D eigenvalue weighted by Crippen LogP contribution is 2.27. The van der Waals surface area contributed by atoms with Gasteiger partial charge in [-0.1, -0.05) is 40.9 Å². The summed E-state index contributed by atoms with van der Waals surface area (Å²) in [5.41, 5.74) is 2.54. The van der Waals surface area contributed by atoms with E-state index in [2.05, 4.69) is 10.4 Å². The third-order valence-corrected chi connectivity index (χ3v) is 4.43. The van der Waals surface area contributed by atoms with E-state index in [1.807, 2.05) is 6.92 Å². The summed E-state index contributed by atoms with van der Waals surface area (Å²) in [4.78, 5) is 0. The Morgan fingerprint density at radius 1 is 1.23 bits per heavy atom. The molecule has 0 aliphatic rings. The number of aryl methyl sites for hydroxylation is 1. The molecule has 0 radical (unpaired) electrons. The first kappa shape index (κ1) is 17.6. The van der Waals surface area contributed by atoms with Gasteiger partial charge in [-0.2, -0.15) is 5.10 Å². The molecular formula is C15H18Cl3N3O. The van der Waals surface area contributed by atoms with Crippen LogP contribution in [0, 0.1) is 6.92 Å². The minimum absolute atomic E-state index is 0.406. The monoisotopic (exact) mass is 361 g/mol. The molecule has 2 aromatic rings. The summed E-state index contributed by atoms with van der Waals surface area (Å²) in [6.07, 6.45) is -0.406. The molecule has 120 valence electrons. The number of aromatic nitrogens is 2. The van der Waals surface area contributed by atoms with Crippen LogP contribution in [0.2, 0.25) is 15.2 Å². The second kappa shape index (κ2) is 7.66. The highest BCUT2D eigenvalue weighted by Gasteiger charge is 2.15. The summed E-state index contributed by atoms with van der Waals surface area (Å²) >= 11 is 18.8. The maximum absolute atomic E-state index is 9.28. The number of hydrogen-bond acceptors (Lipinski definition) is 3. The van der Waals surface area contributed by atoms with Crippen LogP contribution in [0.4, 0.5) is 0 Å². The summed E-state index contributed by atoms with van der Waals surface area (Å²) in [6.45, 7) is 5.08. The zero-order valence-corrected chi connectivity index (χ0v) is 14.7. The van der Waals surface area contributed by atoms with E-state index >= 15 is 0 Å². The summed E-state index contributed by atoms with van der Waals surface area (Å²) in [7, 11) is 0. The standard InChI is InChI=1S/C15H18Cl3N3O/c1-9(22)6-19-7-11-10(2)20-21(15(11)18)8-12-13(16)4-3-5-14(12)17/h3-5,9,19,22H,6-8H2,1-2H3/t9-/m1/s1. The molecule has 0 fully saturated rings. The molecule has 0 saturated carbocycles. The van der Waals surface area contributed by atoms with Crippen LogP contribution in [-0.4, -0.2) is 27.5 Å². The van der Waals surface area contributed by atoms with Crippen molar-refractivity contribution in [3.8, 4) is 0 Å². The number of nitrogens with one attached hydrogen (secondary N) is 1. The topological polar surface area (TPSA) is 50.1 Å². The molecule has 1 aromatic carbocycles. The zero-order valence-electron chi connectivity index (χ0n) is 12.4. The molecule has 1 heterocycles. The van der Waals surface area contributed by atoms with Crippen LogP contribution >= 0.6 is 34.8 Å². The fourth-order valence-electron chi connectivity index (χ4n) is 2.14. The van der Waals surface area contributed by atoms with E-state index in [9.17, 15) is 5.11 Å². The Morgan fingerprint density at radius 3 is 2.45 bits per heavy atom. The Morgan fingerprint density at radius 2 is 1.86 bits per heavy atom. The van der Waals surface area contributed by atoms with Gasteiger partial charge >= 0.3 is 0 Å². The van der Waals surface area contributed by atoms with Crippen molar-refractivity contribution >= 4 is 34.8 Å². The van der Waals surface area contributed by atoms with Gasteiger partial charge < -0.3 is 10.4 Å². The number of aliphatic hydroxyl groups is 1. The van der Waals surface area contributed by atoms with Crippen LogP contribution in [-0.2, 0) is 13.1 Å².